The van der Waals surface area contributed by atoms with Crippen molar-refractivity contribution in [3.63, 3.8) is 0 Å². The Labute approximate surface area is 196 Å². The molecule has 2 aliphatic heterocycles. The number of halogens is 2. The first kappa shape index (κ1) is 22.8. The standard InChI is InChI=1S/C26H28F2N2O4/c1-16-13-22(34-25(27)28)20(19-7-10-29-23(16)19)15-30-11-9-26(8-2-12-33-26)14-21(30)17-3-5-18(6-4-17)24(31)32/h3-7,10,13,21,25,29H,2,8-9,11-12,14-15H2,1H3,(H,31,32)/t21-,26?/m0/s1. The number of aryl methyl sites for hydroxylation is 1. The number of carboxylic acids is 1. The number of aromatic amines is 1. The number of piperidine rings is 1. The molecule has 8 heteroatoms. The average Bonchev–Trinajstić information content (AvgIpc) is 3.48. The molecule has 0 amide bonds. The van der Waals surface area contributed by atoms with E-state index in [1.54, 1.807) is 18.2 Å². The molecule has 0 saturated carbocycles. The molecule has 1 spiro atoms. The van der Waals surface area contributed by atoms with Crippen LogP contribution in [0.1, 0.15) is 58.8 Å². The second-order valence-electron chi connectivity index (χ2n) is 9.32. The van der Waals surface area contributed by atoms with E-state index in [0.717, 1.165) is 66.4 Å². The summed E-state index contributed by atoms with van der Waals surface area (Å²) < 4.78 is 37.7. The van der Waals surface area contributed by atoms with Gasteiger partial charge in [-0.15, -0.1) is 0 Å². The highest BCUT2D eigenvalue weighted by Crippen LogP contribution is 2.45. The number of aromatic carboxylic acids is 1. The fourth-order valence-electron chi connectivity index (χ4n) is 5.57. The van der Waals surface area contributed by atoms with Gasteiger partial charge in [0.05, 0.1) is 11.2 Å². The minimum absolute atomic E-state index is 0.0376. The van der Waals surface area contributed by atoms with E-state index in [4.69, 9.17) is 9.47 Å². The van der Waals surface area contributed by atoms with E-state index in [-0.39, 0.29) is 23.0 Å². The summed E-state index contributed by atoms with van der Waals surface area (Å²) in [5, 5.41) is 10.2. The van der Waals surface area contributed by atoms with Crippen LogP contribution < -0.4 is 4.74 Å². The van der Waals surface area contributed by atoms with Gasteiger partial charge in [-0.05, 0) is 68.0 Å². The van der Waals surface area contributed by atoms with E-state index >= 15 is 0 Å². The van der Waals surface area contributed by atoms with Crippen LogP contribution in [-0.2, 0) is 11.3 Å². The number of ether oxygens (including phenoxy) is 2. The Morgan fingerprint density at radius 1 is 1.29 bits per heavy atom. The fourth-order valence-corrected chi connectivity index (χ4v) is 5.57. The Bertz CT molecular complexity index is 1190. The molecule has 2 fully saturated rings. The molecular formula is C26H28F2N2O4. The Hall–Kier alpha value is -2.97. The Morgan fingerprint density at radius 2 is 2.09 bits per heavy atom. The first-order chi connectivity index (χ1) is 16.3. The zero-order chi connectivity index (χ0) is 23.9. The molecular weight excluding hydrogens is 442 g/mol. The monoisotopic (exact) mass is 470 g/mol. The summed E-state index contributed by atoms with van der Waals surface area (Å²) in [6.45, 7) is 0.872. The molecule has 180 valence electrons. The van der Waals surface area contributed by atoms with E-state index in [1.807, 2.05) is 31.3 Å². The number of benzene rings is 2. The molecule has 1 aromatic heterocycles. The summed E-state index contributed by atoms with van der Waals surface area (Å²) in [6, 6.07) is 10.5. The predicted octanol–water partition coefficient (Wildman–Crippen LogP) is 5.66. The van der Waals surface area contributed by atoms with Gasteiger partial charge in [0, 0.05) is 48.4 Å². The lowest BCUT2D eigenvalue weighted by Crippen LogP contribution is -2.45. The van der Waals surface area contributed by atoms with Crippen LogP contribution in [0, 0.1) is 6.92 Å². The summed E-state index contributed by atoms with van der Waals surface area (Å²) in [7, 11) is 0. The lowest BCUT2D eigenvalue weighted by molar-refractivity contribution is -0.0688. The van der Waals surface area contributed by atoms with E-state index in [1.165, 1.54) is 0 Å². The third kappa shape index (κ3) is 4.28. The maximum atomic E-state index is 13.3. The van der Waals surface area contributed by atoms with Crippen LogP contribution in [0.25, 0.3) is 10.9 Å². The van der Waals surface area contributed by atoms with Crippen LogP contribution in [0.4, 0.5) is 8.78 Å². The van der Waals surface area contributed by atoms with Crippen LogP contribution >= 0.6 is 0 Å². The Balaban J connectivity index is 1.52. The van der Waals surface area contributed by atoms with Crippen molar-refractivity contribution in [2.75, 3.05) is 13.2 Å². The molecule has 3 aromatic rings. The number of H-pyrrole nitrogens is 1. The maximum Gasteiger partial charge on any atom is 0.387 e. The van der Waals surface area contributed by atoms with Crippen molar-refractivity contribution < 1.29 is 28.2 Å². The molecule has 2 saturated heterocycles. The normalized spacial score (nSPS) is 23.2. The topological polar surface area (TPSA) is 74.8 Å². The fraction of sp³-hybridized carbons (Fsp3) is 0.423. The smallest absolute Gasteiger partial charge is 0.387 e. The SMILES string of the molecule is Cc1cc(OC(F)F)c(CN2CCC3(CCCO3)C[C@H]2c2ccc(C(=O)O)cc2)c2cc[nH]c12. The molecule has 2 aliphatic rings. The first-order valence-corrected chi connectivity index (χ1v) is 11.6. The van der Waals surface area contributed by atoms with E-state index in [0.29, 0.717) is 6.54 Å². The summed E-state index contributed by atoms with van der Waals surface area (Å²) in [5.74, 6) is -0.775. The quantitative estimate of drug-likeness (QED) is 0.486. The number of aromatic nitrogens is 1. The van der Waals surface area contributed by atoms with Crippen LogP contribution in [0.5, 0.6) is 5.75 Å². The number of likely N-dealkylation sites (tertiary alicyclic amines) is 1. The van der Waals surface area contributed by atoms with Gasteiger partial charge >= 0.3 is 12.6 Å². The minimum Gasteiger partial charge on any atom is -0.478 e. The summed E-state index contributed by atoms with van der Waals surface area (Å²) >= 11 is 0. The summed E-state index contributed by atoms with van der Waals surface area (Å²) in [6.07, 6.45) is 5.47. The number of hydrogen-bond donors (Lipinski definition) is 2. The van der Waals surface area contributed by atoms with E-state index in [9.17, 15) is 18.7 Å². The molecule has 2 N–H and O–H groups in total. The number of carboxylic acid groups (broad SMARTS) is 1. The van der Waals surface area contributed by atoms with Gasteiger partial charge in [0.2, 0.25) is 0 Å². The van der Waals surface area contributed by atoms with Crippen molar-refractivity contribution in [3.05, 3.63) is 64.8 Å². The highest BCUT2D eigenvalue weighted by atomic mass is 19.3. The van der Waals surface area contributed by atoms with E-state index in [2.05, 4.69) is 9.88 Å². The van der Waals surface area contributed by atoms with Gasteiger partial charge in [-0.3, -0.25) is 4.90 Å². The number of alkyl halides is 2. The molecule has 2 aromatic carbocycles. The second kappa shape index (κ2) is 9.00. The van der Waals surface area contributed by atoms with Gasteiger partial charge in [0.1, 0.15) is 5.75 Å². The van der Waals surface area contributed by atoms with Crippen LogP contribution in [-0.4, -0.2) is 46.3 Å². The highest BCUT2D eigenvalue weighted by Gasteiger charge is 2.43. The molecule has 2 atom stereocenters. The Morgan fingerprint density at radius 3 is 2.76 bits per heavy atom. The molecule has 3 heterocycles. The number of rotatable bonds is 6. The molecule has 6 nitrogen and oxygen atoms in total. The molecule has 1 unspecified atom stereocenters. The molecule has 34 heavy (non-hydrogen) atoms. The van der Waals surface area contributed by atoms with Gasteiger partial charge in [-0.25, -0.2) is 4.79 Å². The zero-order valence-corrected chi connectivity index (χ0v) is 19.0. The average molecular weight is 471 g/mol. The summed E-state index contributed by atoms with van der Waals surface area (Å²) in [5.41, 5.74) is 3.51. The maximum absolute atomic E-state index is 13.3. The first-order valence-electron chi connectivity index (χ1n) is 11.6. The minimum atomic E-state index is -2.91. The van der Waals surface area contributed by atoms with Crippen LogP contribution in [0.15, 0.2) is 42.6 Å². The van der Waals surface area contributed by atoms with E-state index < -0.39 is 12.6 Å². The van der Waals surface area contributed by atoms with Crippen LogP contribution in [0.2, 0.25) is 0 Å². The number of fused-ring (bicyclic) bond motifs is 1. The predicted molar refractivity (Wildman–Crippen MR) is 123 cm³/mol. The largest absolute Gasteiger partial charge is 0.478 e. The molecule has 0 bridgehead atoms. The third-order valence-corrected chi connectivity index (χ3v) is 7.28. The van der Waals surface area contributed by atoms with Crippen molar-refractivity contribution in [1.29, 1.82) is 0 Å². The number of nitrogens with zero attached hydrogens (tertiary/aromatic N) is 1. The van der Waals surface area contributed by atoms with Crippen molar-refractivity contribution in [2.45, 2.75) is 57.4 Å². The zero-order valence-electron chi connectivity index (χ0n) is 19.0. The molecule has 0 aliphatic carbocycles. The van der Waals surface area contributed by atoms with Gasteiger partial charge < -0.3 is 19.6 Å². The molecule has 0 radical (unpaired) electrons. The third-order valence-electron chi connectivity index (χ3n) is 7.28. The highest BCUT2D eigenvalue weighted by molar-refractivity contribution is 5.88. The van der Waals surface area contributed by atoms with Gasteiger partial charge in [-0.2, -0.15) is 8.78 Å². The number of hydrogen-bond acceptors (Lipinski definition) is 4. The molecule has 5 rings (SSSR count). The number of carbonyl (C=O) groups is 1. The van der Waals surface area contributed by atoms with Crippen molar-refractivity contribution >= 4 is 16.9 Å². The van der Waals surface area contributed by atoms with Crippen molar-refractivity contribution in [3.8, 4) is 5.75 Å². The lowest BCUT2D eigenvalue weighted by Gasteiger charge is -2.45. The van der Waals surface area contributed by atoms with Gasteiger partial charge in [-0.1, -0.05) is 12.1 Å². The second-order valence-corrected chi connectivity index (χ2v) is 9.32. The lowest BCUT2D eigenvalue weighted by atomic mass is 9.81. The van der Waals surface area contributed by atoms with Gasteiger partial charge in [0.25, 0.3) is 0 Å². The number of nitrogens with one attached hydrogen (secondary N) is 1. The summed E-state index contributed by atoms with van der Waals surface area (Å²) in [4.78, 5) is 16.8. The van der Waals surface area contributed by atoms with Crippen molar-refractivity contribution in [2.24, 2.45) is 0 Å². The van der Waals surface area contributed by atoms with Crippen LogP contribution in [0.3, 0.4) is 0 Å². The van der Waals surface area contributed by atoms with Crippen molar-refractivity contribution in [1.82, 2.24) is 9.88 Å². The van der Waals surface area contributed by atoms with Gasteiger partial charge in [0.15, 0.2) is 0 Å². The Kier molecular flexibility index (Phi) is 6.04.